The first-order chi connectivity index (χ1) is 9.29. The van der Waals surface area contributed by atoms with E-state index in [0.717, 1.165) is 31.0 Å². The molecule has 0 saturated carbocycles. The molecule has 1 aliphatic rings. The highest BCUT2D eigenvalue weighted by Gasteiger charge is 2.25. The zero-order chi connectivity index (χ0) is 13.2. The molecular weight excluding hydrogens is 256 g/mol. The predicted molar refractivity (Wildman–Crippen MR) is 78.6 cm³/mol. The van der Waals surface area contributed by atoms with Crippen LogP contribution in [0.1, 0.15) is 29.1 Å². The maximum absolute atomic E-state index is 4.56. The Hall–Kier alpha value is -1.46. The van der Waals surface area contributed by atoms with Crippen molar-refractivity contribution in [3.63, 3.8) is 0 Å². The topological polar surface area (TPSA) is 41.1 Å². The first-order valence-electron chi connectivity index (χ1n) is 6.58. The lowest BCUT2D eigenvalue weighted by atomic mass is 10.0. The van der Waals surface area contributed by atoms with Crippen LogP contribution < -0.4 is 10.2 Å². The number of hydrogen-bond donors (Lipinski definition) is 1. The summed E-state index contributed by atoms with van der Waals surface area (Å²) >= 11 is 1.86. The Morgan fingerprint density at radius 2 is 2.32 bits per heavy atom. The van der Waals surface area contributed by atoms with Gasteiger partial charge in [0.05, 0.1) is 24.1 Å². The Bertz CT molecular complexity index is 549. The molecule has 2 aromatic rings. The number of fused-ring (bicyclic) bond motifs is 1. The minimum atomic E-state index is 0.388. The molecule has 0 amide bonds. The van der Waals surface area contributed by atoms with Gasteiger partial charge in [-0.15, -0.1) is 11.3 Å². The molecule has 0 aliphatic carbocycles. The first kappa shape index (κ1) is 12.6. The van der Waals surface area contributed by atoms with Gasteiger partial charge in [0.2, 0.25) is 0 Å². The minimum absolute atomic E-state index is 0.388. The molecule has 5 heteroatoms. The second-order valence-corrected chi connectivity index (χ2v) is 5.82. The third-order valence-corrected chi connectivity index (χ3v) is 4.62. The van der Waals surface area contributed by atoms with Crippen LogP contribution in [0, 0.1) is 0 Å². The fraction of sp³-hybridized carbons (Fsp3) is 0.429. The van der Waals surface area contributed by atoms with E-state index < -0.39 is 0 Å². The van der Waals surface area contributed by atoms with E-state index in [-0.39, 0.29) is 0 Å². The monoisotopic (exact) mass is 274 g/mol. The van der Waals surface area contributed by atoms with Gasteiger partial charge in [-0.05, 0) is 37.4 Å². The first-order valence-corrected chi connectivity index (χ1v) is 7.46. The highest BCUT2D eigenvalue weighted by molar-refractivity contribution is 7.10. The van der Waals surface area contributed by atoms with Gasteiger partial charge in [0, 0.05) is 18.0 Å². The Morgan fingerprint density at radius 3 is 3.05 bits per heavy atom. The minimum Gasteiger partial charge on any atom is -0.348 e. The van der Waals surface area contributed by atoms with E-state index >= 15 is 0 Å². The average molecular weight is 274 g/mol. The van der Waals surface area contributed by atoms with Crippen LogP contribution in [-0.4, -0.2) is 23.6 Å². The van der Waals surface area contributed by atoms with Crippen LogP contribution in [0.15, 0.2) is 23.8 Å². The molecule has 0 bridgehead atoms. The summed E-state index contributed by atoms with van der Waals surface area (Å²) in [6.07, 6.45) is 4.86. The predicted octanol–water partition coefficient (Wildman–Crippen LogP) is 2.38. The fourth-order valence-electron chi connectivity index (χ4n) is 2.59. The zero-order valence-electron chi connectivity index (χ0n) is 11.3. The van der Waals surface area contributed by atoms with Gasteiger partial charge in [-0.3, -0.25) is 4.98 Å². The van der Waals surface area contributed by atoms with Crippen molar-refractivity contribution in [3.8, 4) is 0 Å². The second-order valence-electron chi connectivity index (χ2n) is 4.81. The molecule has 1 unspecified atom stereocenters. The van der Waals surface area contributed by atoms with Crippen molar-refractivity contribution in [1.82, 2.24) is 15.3 Å². The van der Waals surface area contributed by atoms with Crippen molar-refractivity contribution in [2.75, 3.05) is 18.5 Å². The molecule has 4 nitrogen and oxygen atoms in total. The Labute approximate surface area is 117 Å². The molecule has 3 rings (SSSR count). The van der Waals surface area contributed by atoms with E-state index in [4.69, 9.17) is 0 Å². The molecule has 0 saturated heterocycles. The largest absolute Gasteiger partial charge is 0.348 e. The third-order valence-electron chi connectivity index (χ3n) is 3.62. The molecular formula is C14H18N4S. The van der Waals surface area contributed by atoms with Crippen LogP contribution in [0.2, 0.25) is 0 Å². The van der Waals surface area contributed by atoms with Gasteiger partial charge in [-0.1, -0.05) is 0 Å². The molecule has 1 N–H and O–H groups in total. The van der Waals surface area contributed by atoms with Crippen LogP contribution in [0.5, 0.6) is 0 Å². The number of hydrogen-bond acceptors (Lipinski definition) is 5. The highest BCUT2D eigenvalue weighted by atomic mass is 32.1. The van der Waals surface area contributed by atoms with E-state index in [0.29, 0.717) is 6.04 Å². The van der Waals surface area contributed by atoms with Crippen LogP contribution in [-0.2, 0) is 13.0 Å². The molecule has 3 heterocycles. The van der Waals surface area contributed by atoms with E-state index in [2.05, 4.69) is 38.6 Å². The van der Waals surface area contributed by atoms with Gasteiger partial charge in [0.1, 0.15) is 5.82 Å². The molecule has 0 radical (unpaired) electrons. The maximum Gasteiger partial charge on any atom is 0.147 e. The molecule has 100 valence electrons. The molecule has 1 atom stereocenters. The van der Waals surface area contributed by atoms with Crippen molar-refractivity contribution in [2.45, 2.75) is 25.9 Å². The average Bonchev–Trinajstić information content (AvgIpc) is 2.90. The number of anilines is 1. The normalized spacial score (nSPS) is 18.4. The van der Waals surface area contributed by atoms with Crippen molar-refractivity contribution < 1.29 is 0 Å². The summed E-state index contributed by atoms with van der Waals surface area (Å²) in [4.78, 5) is 12.9. The summed E-state index contributed by atoms with van der Waals surface area (Å²) in [5.41, 5.74) is 2.42. The lowest BCUT2D eigenvalue weighted by Crippen LogP contribution is -2.33. The SMILES string of the molecule is CNCc1cnc(N2CCc3sccc3C2C)cn1. The van der Waals surface area contributed by atoms with Gasteiger partial charge >= 0.3 is 0 Å². The molecule has 0 aromatic carbocycles. The van der Waals surface area contributed by atoms with E-state index in [1.54, 1.807) is 0 Å². The summed E-state index contributed by atoms with van der Waals surface area (Å²) in [7, 11) is 1.92. The second kappa shape index (κ2) is 5.27. The number of aromatic nitrogens is 2. The van der Waals surface area contributed by atoms with Crippen LogP contribution >= 0.6 is 11.3 Å². The third kappa shape index (κ3) is 2.35. The van der Waals surface area contributed by atoms with Crippen LogP contribution in [0.4, 0.5) is 5.82 Å². The molecule has 2 aromatic heterocycles. The number of rotatable bonds is 3. The van der Waals surface area contributed by atoms with Crippen molar-refractivity contribution >= 4 is 17.2 Å². The van der Waals surface area contributed by atoms with Gasteiger partial charge < -0.3 is 10.2 Å². The molecule has 1 aliphatic heterocycles. The highest BCUT2D eigenvalue weighted by Crippen LogP contribution is 2.34. The Morgan fingerprint density at radius 1 is 1.42 bits per heavy atom. The van der Waals surface area contributed by atoms with Crippen LogP contribution in [0.25, 0.3) is 0 Å². The summed E-state index contributed by atoms with van der Waals surface area (Å²) in [6, 6.07) is 2.62. The lowest BCUT2D eigenvalue weighted by molar-refractivity contribution is 0.622. The maximum atomic E-state index is 4.56. The fourth-order valence-corrected chi connectivity index (χ4v) is 3.55. The lowest BCUT2D eigenvalue weighted by Gasteiger charge is -2.34. The quantitative estimate of drug-likeness (QED) is 0.933. The summed E-state index contributed by atoms with van der Waals surface area (Å²) in [5, 5.41) is 5.27. The van der Waals surface area contributed by atoms with E-state index in [1.165, 1.54) is 10.4 Å². The van der Waals surface area contributed by atoms with Crippen LogP contribution in [0.3, 0.4) is 0 Å². The summed E-state index contributed by atoms with van der Waals surface area (Å²) in [6.45, 7) is 4.03. The summed E-state index contributed by atoms with van der Waals surface area (Å²) < 4.78 is 0. The zero-order valence-corrected chi connectivity index (χ0v) is 12.1. The van der Waals surface area contributed by atoms with Gasteiger partial charge in [-0.25, -0.2) is 4.98 Å². The molecule has 19 heavy (non-hydrogen) atoms. The summed E-state index contributed by atoms with van der Waals surface area (Å²) in [5.74, 6) is 0.976. The van der Waals surface area contributed by atoms with Gasteiger partial charge in [-0.2, -0.15) is 0 Å². The van der Waals surface area contributed by atoms with Crippen molar-refractivity contribution in [3.05, 3.63) is 40.0 Å². The Balaban J connectivity index is 1.83. The van der Waals surface area contributed by atoms with E-state index in [1.807, 2.05) is 30.8 Å². The number of nitrogens with zero attached hydrogens (tertiary/aromatic N) is 3. The standard InChI is InChI=1S/C14H18N4S/c1-10-12-4-6-19-13(12)3-5-18(10)14-9-16-11(7-15-2)8-17-14/h4,6,8-10,15H,3,5,7H2,1-2H3. The Kier molecular flexibility index (Phi) is 3.48. The molecule has 0 fully saturated rings. The smallest absolute Gasteiger partial charge is 0.147 e. The van der Waals surface area contributed by atoms with Crippen molar-refractivity contribution in [1.29, 1.82) is 0 Å². The molecule has 0 spiro atoms. The number of thiophene rings is 1. The van der Waals surface area contributed by atoms with Gasteiger partial charge in [0.25, 0.3) is 0 Å². The number of nitrogens with one attached hydrogen (secondary N) is 1. The van der Waals surface area contributed by atoms with Crippen molar-refractivity contribution in [2.24, 2.45) is 0 Å². The van der Waals surface area contributed by atoms with Gasteiger partial charge in [0.15, 0.2) is 0 Å². The van der Waals surface area contributed by atoms with E-state index in [9.17, 15) is 0 Å².